The minimum Gasteiger partial charge on any atom is -0.497 e. The highest BCUT2D eigenvalue weighted by molar-refractivity contribution is 7.10. The van der Waals surface area contributed by atoms with Crippen LogP contribution in [0.2, 0.25) is 0 Å². The maximum Gasteiger partial charge on any atom is 0.326 e. The first-order valence-electron chi connectivity index (χ1n) is 8.42. The Balaban J connectivity index is 1.98. The summed E-state index contributed by atoms with van der Waals surface area (Å²) in [6.45, 7) is 0. The molecule has 0 aliphatic heterocycles. The smallest absolute Gasteiger partial charge is 0.326 e. The van der Waals surface area contributed by atoms with Crippen LogP contribution in [0.25, 0.3) is 0 Å². The van der Waals surface area contributed by atoms with Gasteiger partial charge in [0.1, 0.15) is 17.5 Å². The van der Waals surface area contributed by atoms with Gasteiger partial charge in [0, 0.05) is 4.88 Å². The van der Waals surface area contributed by atoms with Gasteiger partial charge < -0.3 is 14.6 Å². The second-order valence-electron chi connectivity index (χ2n) is 5.93. The first-order valence-corrected chi connectivity index (χ1v) is 9.30. The van der Waals surface area contributed by atoms with Gasteiger partial charge in [-0.3, -0.25) is 10.1 Å². The summed E-state index contributed by atoms with van der Waals surface area (Å²) >= 11 is 1.42. The number of benzene rings is 2. The van der Waals surface area contributed by atoms with E-state index < -0.39 is 12.0 Å². The lowest BCUT2D eigenvalue weighted by molar-refractivity contribution is -0.139. The van der Waals surface area contributed by atoms with Crippen LogP contribution < -0.4 is 14.8 Å². The Morgan fingerprint density at radius 1 is 0.926 bits per heavy atom. The molecule has 1 atom stereocenters. The summed E-state index contributed by atoms with van der Waals surface area (Å²) < 4.78 is 10.5. The Morgan fingerprint density at radius 2 is 1.44 bits per heavy atom. The molecule has 0 aliphatic carbocycles. The molecule has 27 heavy (non-hydrogen) atoms. The lowest BCUT2D eigenvalue weighted by atomic mass is 9.97. The highest BCUT2D eigenvalue weighted by Gasteiger charge is 2.26. The van der Waals surface area contributed by atoms with Gasteiger partial charge in [-0.1, -0.05) is 30.3 Å². The van der Waals surface area contributed by atoms with Crippen LogP contribution in [-0.4, -0.2) is 25.3 Å². The van der Waals surface area contributed by atoms with E-state index >= 15 is 0 Å². The van der Waals surface area contributed by atoms with Gasteiger partial charge in [0.05, 0.1) is 20.3 Å². The highest BCUT2D eigenvalue weighted by Crippen LogP contribution is 2.30. The predicted molar refractivity (Wildman–Crippen MR) is 106 cm³/mol. The SMILES string of the molecule is COc1ccc(C(NC(C(=O)O)c2cccs2)c2ccc(OC)cc2)cc1. The summed E-state index contributed by atoms with van der Waals surface area (Å²) in [6.07, 6.45) is 0. The van der Waals surface area contributed by atoms with E-state index in [1.54, 1.807) is 14.2 Å². The zero-order valence-corrected chi connectivity index (χ0v) is 15.9. The van der Waals surface area contributed by atoms with Crippen molar-refractivity contribution in [2.45, 2.75) is 12.1 Å². The first-order chi connectivity index (χ1) is 13.1. The Morgan fingerprint density at radius 3 is 1.81 bits per heavy atom. The normalized spacial score (nSPS) is 12.0. The Kier molecular flexibility index (Phi) is 6.11. The van der Waals surface area contributed by atoms with Crippen molar-refractivity contribution in [2.24, 2.45) is 0 Å². The average molecular weight is 383 g/mol. The molecular weight excluding hydrogens is 362 g/mol. The molecule has 3 rings (SSSR count). The van der Waals surface area contributed by atoms with Crippen molar-refractivity contribution in [3.05, 3.63) is 82.0 Å². The van der Waals surface area contributed by atoms with Crippen LogP contribution >= 0.6 is 11.3 Å². The number of carboxylic acid groups (broad SMARTS) is 1. The van der Waals surface area contributed by atoms with Gasteiger partial charge in [-0.2, -0.15) is 0 Å². The third kappa shape index (κ3) is 4.48. The van der Waals surface area contributed by atoms with Crippen LogP contribution in [-0.2, 0) is 4.79 Å². The van der Waals surface area contributed by atoms with Crippen molar-refractivity contribution in [3.63, 3.8) is 0 Å². The van der Waals surface area contributed by atoms with Crippen LogP contribution in [0.4, 0.5) is 0 Å². The zero-order chi connectivity index (χ0) is 19.2. The Hall–Kier alpha value is -2.83. The molecule has 0 aliphatic rings. The summed E-state index contributed by atoms with van der Waals surface area (Å²) in [5, 5.41) is 14.9. The molecule has 0 bridgehead atoms. The van der Waals surface area contributed by atoms with Gasteiger partial charge in [0.2, 0.25) is 0 Å². The van der Waals surface area contributed by atoms with Crippen molar-refractivity contribution >= 4 is 17.3 Å². The average Bonchev–Trinajstić information content (AvgIpc) is 3.23. The third-order valence-electron chi connectivity index (χ3n) is 4.31. The van der Waals surface area contributed by atoms with E-state index in [0.29, 0.717) is 0 Å². The van der Waals surface area contributed by atoms with Gasteiger partial charge >= 0.3 is 5.97 Å². The van der Waals surface area contributed by atoms with E-state index in [9.17, 15) is 9.90 Å². The number of carboxylic acids is 1. The van der Waals surface area contributed by atoms with Gasteiger partial charge in [-0.25, -0.2) is 0 Å². The molecule has 0 saturated carbocycles. The van der Waals surface area contributed by atoms with Crippen LogP contribution in [0.1, 0.15) is 28.1 Å². The van der Waals surface area contributed by atoms with Crippen LogP contribution in [0.15, 0.2) is 66.0 Å². The fraction of sp³-hybridized carbons (Fsp3) is 0.190. The number of hydrogen-bond acceptors (Lipinski definition) is 5. The summed E-state index contributed by atoms with van der Waals surface area (Å²) in [6, 6.07) is 17.8. The van der Waals surface area contributed by atoms with E-state index in [4.69, 9.17) is 9.47 Å². The number of methoxy groups -OCH3 is 2. The topological polar surface area (TPSA) is 67.8 Å². The second-order valence-corrected chi connectivity index (χ2v) is 6.91. The fourth-order valence-electron chi connectivity index (χ4n) is 2.87. The number of carbonyl (C=O) groups is 1. The van der Waals surface area contributed by atoms with Crippen molar-refractivity contribution in [1.82, 2.24) is 5.32 Å². The van der Waals surface area contributed by atoms with Crippen molar-refractivity contribution in [1.29, 1.82) is 0 Å². The standard InChI is InChI=1S/C21H21NO4S/c1-25-16-9-5-14(6-10-16)19(15-7-11-17(26-2)12-8-15)22-20(21(23)24)18-4-3-13-27-18/h3-13,19-20,22H,1-2H3,(H,23,24). The van der Waals surface area contributed by atoms with Gasteiger partial charge in [0.25, 0.3) is 0 Å². The molecule has 1 aromatic heterocycles. The highest BCUT2D eigenvalue weighted by atomic mass is 32.1. The molecular formula is C21H21NO4S. The molecule has 0 amide bonds. The molecule has 0 radical (unpaired) electrons. The number of thiophene rings is 1. The van der Waals surface area contributed by atoms with Gasteiger partial charge in [-0.05, 0) is 46.8 Å². The van der Waals surface area contributed by atoms with Gasteiger partial charge in [0.15, 0.2) is 0 Å². The maximum absolute atomic E-state index is 11.9. The zero-order valence-electron chi connectivity index (χ0n) is 15.1. The molecule has 0 saturated heterocycles. The monoisotopic (exact) mass is 383 g/mol. The fourth-order valence-corrected chi connectivity index (χ4v) is 3.65. The van der Waals surface area contributed by atoms with Crippen LogP contribution in [0, 0.1) is 0 Å². The van der Waals surface area contributed by atoms with Crippen molar-refractivity contribution in [3.8, 4) is 11.5 Å². The number of aliphatic carboxylic acids is 1. The summed E-state index contributed by atoms with van der Waals surface area (Å²) in [7, 11) is 3.23. The molecule has 6 heteroatoms. The minimum atomic E-state index is -0.913. The van der Waals surface area contributed by atoms with E-state index in [0.717, 1.165) is 27.5 Å². The lowest BCUT2D eigenvalue weighted by Gasteiger charge is -2.24. The number of ether oxygens (including phenoxy) is 2. The molecule has 0 spiro atoms. The third-order valence-corrected chi connectivity index (χ3v) is 5.24. The molecule has 2 N–H and O–H groups in total. The van der Waals surface area contributed by atoms with E-state index in [2.05, 4.69) is 5.32 Å². The maximum atomic E-state index is 11.9. The minimum absolute atomic E-state index is 0.301. The molecule has 3 aromatic rings. The molecule has 0 fully saturated rings. The first kappa shape index (κ1) is 18.9. The predicted octanol–water partition coefficient (Wildman–Crippen LogP) is 4.27. The molecule has 5 nitrogen and oxygen atoms in total. The Bertz CT molecular complexity index is 813. The number of nitrogens with one attached hydrogen (secondary N) is 1. The van der Waals surface area contributed by atoms with E-state index in [1.807, 2.05) is 66.0 Å². The quantitative estimate of drug-likeness (QED) is 0.608. The molecule has 1 unspecified atom stereocenters. The van der Waals surface area contributed by atoms with Crippen LogP contribution in [0.5, 0.6) is 11.5 Å². The summed E-state index contributed by atoms with van der Waals surface area (Å²) in [5.41, 5.74) is 1.90. The summed E-state index contributed by atoms with van der Waals surface area (Å²) in [4.78, 5) is 12.7. The van der Waals surface area contributed by atoms with E-state index in [-0.39, 0.29) is 6.04 Å². The van der Waals surface area contributed by atoms with E-state index in [1.165, 1.54) is 11.3 Å². The largest absolute Gasteiger partial charge is 0.497 e. The Labute approximate surface area is 162 Å². The molecule has 1 heterocycles. The number of hydrogen-bond donors (Lipinski definition) is 2. The molecule has 2 aromatic carbocycles. The lowest BCUT2D eigenvalue weighted by Crippen LogP contribution is -2.32. The van der Waals surface area contributed by atoms with Crippen molar-refractivity contribution < 1.29 is 19.4 Å². The van der Waals surface area contributed by atoms with Gasteiger partial charge in [-0.15, -0.1) is 11.3 Å². The second kappa shape index (κ2) is 8.70. The summed E-state index contributed by atoms with van der Waals surface area (Å²) in [5.74, 6) is 0.588. The molecule has 140 valence electrons. The van der Waals surface area contributed by atoms with Crippen LogP contribution in [0.3, 0.4) is 0 Å². The van der Waals surface area contributed by atoms with Crippen molar-refractivity contribution in [2.75, 3.05) is 14.2 Å². The number of rotatable bonds is 8.